The molecular weight excluding hydrogens is 538 g/mol. The Hall–Kier alpha value is -2.94. The van der Waals surface area contributed by atoms with Crippen LogP contribution in [0.4, 0.5) is 0 Å². The summed E-state index contributed by atoms with van der Waals surface area (Å²) >= 11 is 0. The van der Waals surface area contributed by atoms with Crippen LogP contribution < -0.4 is 15.4 Å². The summed E-state index contributed by atoms with van der Waals surface area (Å²) in [7, 11) is 0. The molecule has 0 spiro atoms. The molecule has 3 aliphatic heterocycles. The molecule has 1 unspecified atom stereocenters. The van der Waals surface area contributed by atoms with Gasteiger partial charge in [-0.15, -0.1) is 0 Å². The van der Waals surface area contributed by atoms with Crippen molar-refractivity contribution in [2.24, 2.45) is 0 Å². The molecule has 0 aromatic heterocycles. The van der Waals surface area contributed by atoms with Gasteiger partial charge in [-0.05, 0) is 44.5 Å². The van der Waals surface area contributed by atoms with Crippen LogP contribution in [0.15, 0.2) is 18.2 Å². The van der Waals surface area contributed by atoms with Crippen LogP contribution in [0.1, 0.15) is 46.4 Å². The van der Waals surface area contributed by atoms with Crippen molar-refractivity contribution in [3.63, 3.8) is 0 Å². The van der Waals surface area contributed by atoms with Crippen LogP contribution in [0.25, 0.3) is 0 Å². The summed E-state index contributed by atoms with van der Waals surface area (Å²) in [6, 6.07) is 3.70. The van der Waals surface area contributed by atoms with Crippen molar-refractivity contribution in [3.8, 4) is 5.75 Å². The standard InChI is InChI=1S/C28H39N3O10/c32-24-5-4-22(26(33)30-24)31-27(34)21-2-1-3-23(25(21)28(31)35)41-19-17-39-15-13-37-11-10-36-12-14-38-16-18-40-20-6-8-29-9-7-20/h1-3,20,22,29H,4-19H2,(H,30,32,33). The molecule has 226 valence electrons. The maximum Gasteiger partial charge on any atom is 0.266 e. The van der Waals surface area contributed by atoms with E-state index in [4.69, 9.17) is 28.4 Å². The van der Waals surface area contributed by atoms with Crippen LogP contribution in [-0.4, -0.2) is 120 Å². The highest BCUT2D eigenvalue weighted by atomic mass is 16.6. The lowest BCUT2D eigenvalue weighted by Crippen LogP contribution is -2.54. The van der Waals surface area contributed by atoms with Gasteiger partial charge in [0.25, 0.3) is 11.8 Å². The summed E-state index contributed by atoms with van der Waals surface area (Å²) in [4.78, 5) is 50.5. The monoisotopic (exact) mass is 577 g/mol. The Morgan fingerprint density at radius 2 is 1.34 bits per heavy atom. The molecular formula is C28H39N3O10. The van der Waals surface area contributed by atoms with Gasteiger partial charge in [0.05, 0.1) is 76.7 Å². The van der Waals surface area contributed by atoms with Gasteiger partial charge in [0, 0.05) is 6.42 Å². The molecule has 0 aliphatic carbocycles. The maximum absolute atomic E-state index is 13.1. The quantitative estimate of drug-likeness (QED) is 0.183. The Balaban J connectivity index is 1.01. The summed E-state index contributed by atoms with van der Waals surface area (Å²) in [6.07, 6.45) is 2.60. The number of rotatable bonds is 18. The van der Waals surface area contributed by atoms with E-state index in [1.165, 1.54) is 6.07 Å². The zero-order valence-corrected chi connectivity index (χ0v) is 23.2. The second kappa shape index (κ2) is 16.5. The van der Waals surface area contributed by atoms with Gasteiger partial charge in [-0.2, -0.15) is 0 Å². The number of nitrogens with zero attached hydrogens (tertiary/aromatic N) is 1. The Bertz CT molecular complexity index is 1050. The van der Waals surface area contributed by atoms with Gasteiger partial charge < -0.3 is 33.7 Å². The van der Waals surface area contributed by atoms with Crippen LogP contribution in [-0.2, 0) is 33.3 Å². The fourth-order valence-corrected chi connectivity index (χ4v) is 4.81. The fourth-order valence-electron chi connectivity index (χ4n) is 4.81. The normalized spacial score (nSPS) is 19.5. The van der Waals surface area contributed by atoms with Crippen molar-refractivity contribution in [1.82, 2.24) is 15.5 Å². The molecule has 4 rings (SSSR count). The Morgan fingerprint density at radius 3 is 1.98 bits per heavy atom. The lowest BCUT2D eigenvalue weighted by molar-refractivity contribution is -0.136. The number of fused-ring (bicyclic) bond motifs is 1. The molecule has 1 atom stereocenters. The SMILES string of the molecule is O=C1CCC(N2C(=O)c3cccc(OCCOCCOCCOCCOCCOC4CCNCC4)c3C2=O)C(=O)N1. The molecule has 0 bridgehead atoms. The summed E-state index contributed by atoms with van der Waals surface area (Å²) < 4.78 is 33.5. The largest absolute Gasteiger partial charge is 0.490 e. The van der Waals surface area contributed by atoms with Crippen molar-refractivity contribution in [1.29, 1.82) is 0 Å². The van der Waals surface area contributed by atoms with E-state index >= 15 is 0 Å². The number of hydrogen-bond acceptors (Lipinski definition) is 11. The van der Waals surface area contributed by atoms with Gasteiger partial charge in [-0.25, -0.2) is 0 Å². The molecule has 0 radical (unpaired) electrons. The minimum atomic E-state index is -1.02. The van der Waals surface area contributed by atoms with Gasteiger partial charge in [-0.1, -0.05) is 6.07 Å². The third-order valence-electron chi connectivity index (χ3n) is 6.90. The number of carbonyl (C=O) groups excluding carboxylic acids is 4. The van der Waals surface area contributed by atoms with Crippen LogP contribution in [0.2, 0.25) is 0 Å². The van der Waals surface area contributed by atoms with E-state index in [0.717, 1.165) is 30.8 Å². The Morgan fingerprint density at radius 1 is 0.732 bits per heavy atom. The number of nitrogens with one attached hydrogen (secondary N) is 2. The highest BCUT2D eigenvalue weighted by Gasteiger charge is 2.46. The summed E-state index contributed by atoms with van der Waals surface area (Å²) in [5, 5.41) is 5.49. The van der Waals surface area contributed by atoms with E-state index in [1.54, 1.807) is 12.1 Å². The first-order valence-corrected chi connectivity index (χ1v) is 14.2. The van der Waals surface area contributed by atoms with Crippen LogP contribution in [0, 0.1) is 0 Å². The van der Waals surface area contributed by atoms with Crippen LogP contribution in [0.3, 0.4) is 0 Å². The van der Waals surface area contributed by atoms with E-state index < -0.39 is 29.7 Å². The summed E-state index contributed by atoms with van der Waals surface area (Å²) in [5.41, 5.74) is 0.281. The number of hydrogen-bond donors (Lipinski definition) is 2. The molecule has 3 heterocycles. The molecule has 0 saturated carbocycles. The van der Waals surface area contributed by atoms with E-state index in [9.17, 15) is 19.2 Å². The van der Waals surface area contributed by atoms with Crippen molar-refractivity contribution in [2.45, 2.75) is 37.8 Å². The predicted molar refractivity (Wildman–Crippen MR) is 144 cm³/mol. The highest BCUT2D eigenvalue weighted by molar-refractivity contribution is 6.24. The molecule has 13 nitrogen and oxygen atoms in total. The van der Waals surface area contributed by atoms with Crippen molar-refractivity contribution in [3.05, 3.63) is 29.3 Å². The van der Waals surface area contributed by atoms with Crippen molar-refractivity contribution < 1.29 is 47.6 Å². The highest BCUT2D eigenvalue weighted by Crippen LogP contribution is 2.33. The first kappa shape index (κ1) is 31.0. The number of piperidine rings is 2. The lowest BCUT2D eigenvalue weighted by Gasteiger charge is -2.27. The number of amides is 4. The predicted octanol–water partition coefficient (Wildman–Crippen LogP) is 0.302. The molecule has 2 N–H and O–H groups in total. The first-order valence-electron chi connectivity index (χ1n) is 14.2. The van der Waals surface area contributed by atoms with Crippen LogP contribution >= 0.6 is 0 Å². The first-order chi connectivity index (χ1) is 20.1. The minimum Gasteiger partial charge on any atom is -0.490 e. The number of carbonyl (C=O) groups is 4. The second-order valence-electron chi connectivity index (χ2n) is 9.74. The van der Waals surface area contributed by atoms with Gasteiger partial charge in [0.1, 0.15) is 18.4 Å². The Labute approximate surface area is 239 Å². The maximum atomic E-state index is 13.1. The van der Waals surface area contributed by atoms with Crippen LogP contribution in [0.5, 0.6) is 5.75 Å². The van der Waals surface area contributed by atoms with Gasteiger partial charge in [0.15, 0.2) is 0 Å². The van der Waals surface area contributed by atoms with Gasteiger partial charge in [-0.3, -0.25) is 29.4 Å². The molecule has 4 amide bonds. The second-order valence-corrected chi connectivity index (χ2v) is 9.74. The van der Waals surface area contributed by atoms with Gasteiger partial charge >= 0.3 is 0 Å². The molecule has 3 aliphatic rings. The molecule has 2 saturated heterocycles. The van der Waals surface area contributed by atoms with E-state index in [0.29, 0.717) is 59.0 Å². The number of benzene rings is 1. The molecule has 1 aromatic rings. The lowest BCUT2D eigenvalue weighted by atomic mass is 10.0. The van der Waals surface area contributed by atoms with Gasteiger partial charge in [0.2, 0.25) is 11.8 Å². The zero-order chi connectivity index (χ0) is 28.9. The number of imide groups is 2. The summed E-state index contributed by atoms with van der Waals surface area (Å²) in [5.74, 6) is -2.02. The average molecular weight is 578 g/mol. The molecule has 2 fully saturated rings. The molecule has 13 heteroatoms. The zero-order valence-electron chi connectivity index (χ0n) is 23.2. The smallest absolute Gasteiger partial charge is 0.266 e. The topological polar surface area (TPSA) is 151 Å². The van der Waals surface area contributed by atoms with E-state index in [1.807, 2.05) is 0 Å². The number of ether oxygens (including phenoxy) is 6. The minimum absolute atomic E-state index is 0.0608. The third-order valence-corrected chi connectivity index (χ3v) is 6.90. The molecule has 41 heavy (non-hydrogen) atoms. The van der Waals surface area contributed by atoms with E-state index in [2.05, 4.69) is 10.6 Å². The Kier molecular flexibility index (Phi) is 12.5. The molecule has 1 aromatic carbocycles. The average Bonchev–Trinajstić information content (AvgIpc) is 3.23. The van der Waals surface area contributed by atoms with E-state index in [-0.39, 0.29) is 42.9 Å². The summed E-state index contributed by atoms with van der Waals surface area (Å²) in [6.45, 7) is 6.25. The van der Waals surface area contributed by atoms with Crippen molar-refractivity contribution in [2.75, 3.05) is 79.2 Å². The van der Waals surface area contributed by atoms with Crippen molar-refractivity contribution >= 4 is 23.6 Å². The fraction of sp³-hybridized carbons (Fsp3) is 0.643. The third kappa shape index (κ3) is 9.02.